The number of aromatic amines is 1. The second kappa shape index (κ2) is 3.75. The monoisotopic (exact) mass is 250 g/mol. The SMILES string of the molecule is S=c1cc(C2CC2)[nH]n1-c1ccccc1Cl. The highest BCUT2D eigenvalue weighted by Crippen LogP contribution is 2.39. The number of para-hydroxylation sites is 1. The van der Waals surface area contributed by atoms with E-state index in [1.807, 2.05) is 35.0 Å². The number of hydrogen-bond acceptors (Lipinski definition) is 1. The van der Waals surface area contributed by atoms with Gasteiger partial charge in [0, 0.05) is 11.6 Å². The molecule has 0 amide bonds. The Hall–Kier alpha value is -1.06. The van der Waals surface area contributed by atoms with Crippen molar-refractivity contribution >= 4 is 23.8 Å². The zero-order chi connectivity index (χ0) is 11.1. The molecule has 0 aliphatic heterocycles. The quantitative estimate of drug-likeness (QED) is 0.797. The van der Waals surface area contributed by atoms with Crippen LogP contribution >= 0.6 is 23.8 Å². The van der Waals surface area contributed by atoms with E-state index in [0.29, 0.717) is 10.9 Å². The van der Waals surface area contributed by atoms with Crippen LogP contribution < -0.4 is 0 Å². The molecule has 2 aromatic rings. The van der Waals surface area contributed by atoms with E-state index in [4.69, 9.17) is 23.8 Å². The zero-order valence-electron chi connectivity index (χ0n) is 8.61. The number of nitrogens with one attached hydrogen (secondary N) is 1. The molecule has 1 heterocycles. The van der Waals surface area contributed by atoms with Crippen molar-refractivity contribution in [1.29, 1.82) is 0 Å². The maximum Gasteiger partial charge on any atom is 0.128 e. The van der Waals surface area contributed by atoms with Gasteiger partial charge in [-0.3, -0.25) is 5.10 Å². The standard InChI is InChI=1S/C12H11ClN2S/c13-9-3-1-2-4-11(9)15-12(16)7-10(14-15)8-5-6-8/h1-4,7-8,14H,5-6H2. The third kappa shape index (κ3) is 1.70. The fraction of sp³-hybridized carbons (Fsp3) is 0.250. The van der Waals surface area contributed by atoms with Crippen molar-refractivity contribution in [3.63, 3.8) is 0 Å². The second-order valence-electron chi connectivity index (χ2n) is 4.11. The maximum absolute atomic E-state index is 6.15. The van der Waals surface area contributed by atoms with Gasteiger partial charge in [-0.05, 0) is 31.0 Å². The van der Waals surface area contributed by atoms with E-state index in [2.05, 4.69) is 5.10 Å². The summed E-state index contributed by atoms with van der Waals surface area (Å²) in [7, 11) is 0. The van der Waals surface area contributed by atoms with Crippen LogP contribution in [0.4, 0.5) is 0 Å². The summed E-state index contributed by atoms with van der Waals surface area (Å²) < 4.78 is 2.67. The Kier molecular flexibility index (Phi) is 2.37. The van der Waals surface area contributed by atoms with E-state index in [-0.39, 0.29) is 0 Å². The van der Waals surface area contributed by atoms with Crippen LogP contribution in [0, 0.1) is 4.64 Å². The van der Waals surface area contributed by atoms with Crippen LogP contribution in [0.1, 0.15) is 24.5 Å². The van der Waals surface area contributed by atoms with Crippen LogP contribution in [0.5, 0.6) is 0 Å². The van der Waals surface area contributed by atoms with Gasteiger partial charge in [-0.15, -0.1) is 0 Å². The molecule has 4 heteroatoms. The highest BCUT2D eigenvalue weighted by Gasteiger charge is 2.25. The molecule has 1 saturated carbocycles. The third-order valence-corrected chi connectivity index (χ3v) is 3.47. The van der Waals surface area contributed by atoms with Gasteiger partial charge in [-0.2, -0.15) is 0 Å². The summed E-state index contributed by atoms with van der Waals surface area (Å²) in [5, 5.41) is 4.04. The van der Waals surface area contributed by atoms with Crippen LogP contribution in [0.15, 0.2) is 30.3 Å². The van der Waals surface area contributed by atoms with Crippen LogP contribution in [0.3, 0.4) is 0 Å². The summed E-state index contributed by atoms with van der Waals surface area (Å²) in [6, 6.07) is 9.75. The molecule has 1 aromatic heterocycles. The van der Waals surface area contributed by atoms with Gasteiger partial charge in [0.2, 0.25) is 0 Å². The molecule has 1 N–H and O–H groups in total. The van der Waals surface area contributed by atoms with E-state index >= 15 is 0 Å². The van der Waals surface area contributed by atoms with Crippen LogP contribution in [-0.2, 0) is 0 Å². The van der Waals surface area contributed by atoms with Crippen molar-refractivity contribution in [3.8, 4) is 5.69 Å². The number of halogens is 1. The fourth-order valence-electron chi connectivity index (χ4n) is 1.83. The molecule has 0 bridgehead atoms. The van der Waals surface area contributed by atoms with Crippen molar-refractivity contribution in [3.05, 3.63) is 45.7 Å². The van der Waals surface area contributed by atoms with Crippen LogP contribution in [-0.4, -0.2) is 9.78 Å². The fourth-order valence-corrected chi connectivity index (χ4v) is 2.32. The highest BCUT2D eigenvalue weighted by molar-refractivity contribution is 7.71. The first-order chi connectivity index (χ1) is 7.75. The molecule has 0 radical (unpaired) electrons. The van der Waals surface area contributed by atoms with Gasteiger partial charge in [0.05, 0.1) is 10.7 Å². The molecular formula is C12H11ClN2S. The summed E-state index contributed by atoms with van der Waals surface area (Å²) >= 11 is 11.5. The van der Waals surface area contributed by atoms with E-state index in [0.717, 1.165) is 10.3 Å². The Morgan fingerprint density at radius 3 is 2.75 bits per heavy atom. The number of H-pyrrole nitrogens is 1. The summed E-state index contributed by atoms with van der Waals surface area (Å²) in [6.07, 6.45) is 2.52. The zero-order valence-corrected chi connectivity index (χ0v) is 10.2. The highest BCUT2D eigenvalue weighted by atomic mass is 35.5. The molecule has 0 atom stereocenters. The predicted octanol–water partition coefficient (Wildman–Crippen LogP) is 4.07. The van der Waals surface area contributed by atoms with E-state index in [1.54, 1.807) is 0 Å². The number of nitrogens with zero attached hydrogens (tertiary/aromatic N) is 1. The smallest absolute Gasteiger partial charge is 0.128 e. The van der Waals surface area contributed by atoms with Gasteiger partial charge in [0.15, 0.2) is 0 Å². The third-order valence-electron chi connectivity index (χ3n) is 2.85. The van der Waals surface area contributed by atoms with Gasteiger partial charge in [-0.1, -0.05) is 36.0 Å². The lowest BCUT2D eigenvalue weighted by atomic mass is 10.3. The Morgan fingerprint density at radius 1 is 1.31 bits per heavy atom. The molecule has 0 unspecified atom stereocenters. The minimum Gasteiger partial charge on any atom is -0.297 e. The van der Waals surface area contributed by atoms with Gasteiger partial charge in [0.25, 0.3) is 0 Å². The predicted molar refractivity (Wildman–Crippen MR) is 67.9 cm³/mol. The van der Waals surface area contributed by atoms with Gasteiger partial charge in [0.1, 0.15) is 4.64 Å². The van der Waals surface area contributed by atoms with E-state index < -0.39 is 0 Å². The van der Waals surface area contributed by atoms with Crippen molar-refractivity contribution in [2.45, 2.75) is 18.8 Å². The molecule has 1 aliphatic rings. The normalized spacial score (nSPS) is 15.3. The van der Waals surface area contributed by atoms with Crippen molar-refractivity contribution in [2.75, 3.05) is 0 Å². The Bertz CT molecular complexity index is 581. The van der Waals surface area contributed by atoms with Gasteiger partial charge >= 0.3 is 0 Å². The number of hydrogen-bond donors (Lipinski definition) is 1. The topological polar surface area (TPSA) is 20.7 Å². The average molecular weight is 251 g/mol. The molecule has 16 heavy (non-hydrogen) atoms. The molecule has 0 saturated heterocycles. The van der Waals surface area contributed by atoms with Crippen molar-refractivity contribution in [2.24, 2.45) is 0 Å². The Labute approximate surface area is 104 Å². The van der Waals surface area contributed by atoms with Gasteiger partial charge in [-0.25, -0.2) is 4.68 Å². The maximum atomic E-state index is 6.15. The summed E-state index contributed by atoms with van der Waals surface area (Å²) in [6.45, 7) is 0. The minimum absolute atomic E-state index is 0.672. The number of rotatable bonds is 2. The summed E-state index contributed by atoms with van der Waals surface area (Å²) in [5.41, 5.74) is 2.14. The molecule has 2 nitrogen and oxygen atoms in total. The molecule has 3 rings (SSSR count). The molecule has 0 spiro atoms. The minimum atomic E-state index is 0.672. The lowest BCUT2D eigenvalue weighted by Crippen LogP contribution is -1.97. The van der Waals surface area contributed by atoms with Crippen molar-refractivity contribution < 1.29 is 0 Å². The summed E-state index contributed by atoms with van der Waals surface area (Å²) in [5.74, 6) is 0.672. The number of benzene rings is 1. The molecule has 82 valence electrons. The Morgan fingerprint density at radius 2 is 2.06 bits per heavy atom. The van der Waals surface area contributed by atoms with Crippen LogP contribution in [0.25, 0.3) is 5.69 Å². The van der Waals surface area contributed by atoms with Gasteiger partial charge < -0.3 is 0 Å². The first-order valence-electron chi connectivity index (χ1n) is 5.32. The molecule has 1 fully saturated rings. The lowest BCUT2D eigenvalue weighted by Gasteiger charge is -2.04. The molecule has 1 aromatic carbocycles. The Balaban J connectivity index is 2.12. The largest absolute Gasteiger partial charge is 0.297 e. The molecule has 1 aliphatic carbocycles. The van der Waals surface area contributed by atoms with Crippen LogP contribution in [0.2, 0.25) is 5.02 Å². The number of aromatic nitrogens is 2. The van der Waals surface area contributed by atoms with Crippen molar-refractivity contribution in [1.82, 2.24) is 9.78 Å². The molecular weight excluding hydrogens is 240 g/mol. The average Bonchev–Trinajstić information content (AvgIpc) is 3.04. The first kappa shape index (κ1) is 10.1. The second-order valence-corrected chi connectivity index (χ2v) is 4.94. The lowest BCUT2D eigenvalue weighted by molar-refractivity contribution is 0.830. The summed E-state index contributed by atoms with van der Waals surface area (Å²) in [4.78, 5) is 0. The first-order valence-corrected chi connectivity index (χ1v) is 6.11. The van der Waals surface area contributed by atoms with E-state index in [9.17, 15) is 0 Å². The van der Waals surface area contributed by atoms with E-state index in [1.165, 1.54) is 18.5 Å².